The van der Waals surface area contributed by atoms with E-state index >= 15 is 0 Å². The van der Waals surface area contributed by atoms with Crippen molar-refractivity contribution in [2.45, 2.75) is 25.2 Å². The Kier molecular flexibility index (Phi) is 4.66. The second-order valence-corrected chi connectivity index (χ2v) is 7.38. The fourth-order valence-electron chi connectivity index (χ4n) is 3.53. The highest BCUT2D eigenvalue weighted by Gasteiger charge is 2.28. The Hall–Kier alpha value is -2.01. The van der Waals surface area contributed by atoms with Crippen LogP contribution >= 0.6 is 15.9 Å². The number of carbonyl (C=O) groups is 1. The molecule has 2 heterocycles. The van der Waals surface area contributed by atoms with E-state index in [0.29, 0.717) is 19.1 Å². The molecule has 4 rings (SSSR count). The lowest BCUT2D eigenvalue weighted by molar-refractivity contribution is -0.130. The molecule has 1 unspecified atom stereocenters. The summed E-state index contributed by atoms with van der Waals surface area (Å²) in [6.45, 7) is 1.91. The summed E-state index contributed by atoms with van der Waals surface area (Å²) in [5.41, 5.74) is 2.41. The van der Waals surface area contributed by atoms with Crippen molar-refractivity contribution < 1.29 is 14.3 Å². The van der Waals surface area contributed by atoms with E-state index in [1.807, 2.05) is 29.2 Å². The van der Waals surface area contributed by atoms with E-state index in [9.17, 15) is 4.79 Å². The first-order chi connectivity index (χ1) is 12.2. The Morgan fingerprint density at radius 1 is 1.16 bits per heavy atom. The molecule has 0 bridgehead atoms. The summed E-state index contributed by atoms with van der Waals surface area (Å²) >= 11 is 3.55. The highest BCUT2D eigenvalue weighted by Crippen LogP contribution is 2.37. The molecule has 2 aromatic rings. The van der Waals surface area contributed by atoms with Gasteiger partial charge in [-0.15, -0.1) is 0 Å². The number of likely N-dealkylation sites (tertiary alicyclic amines) is 1. The van der Waals surface area contributed by atoms with E-state index in [0.717, 1.165) is 41.9 Å². The van der Waals surface area contributed by atoms with Gasteiger partial charge in [-0.3, -0.25) is 4.79 Å². The first-order valence-electron chi connectivity index (χ1n) is 8.61. The number of carbonyl (C=O) groups excluding carboxylic acids is 1. The highest BCUT2D eigenvalue weighted by atomic mass is 79.9. The fourth-order valence-corrected chi connectivity index (χ4v) is 4.01. The van der Waals surface area contributed by atoms with Gasteiger partial charge < -0.3 is 14.4 Å². The molecule has 0 spiro atoms. The lowest BCUT2D eigenvalue weighted by atomic mass is 9.98. The SMILES string of the molecule is O=C(CCc1ccccc1Br)N1CCC(c2ccc3c(c2)OCO3)C1. The Labute approximate surface area is 155 Å². The van der Waals surface area contributed by atoms with Crippen LogP contribution in [0.1, 0.15) is 29.9 Å². The van der Waals surface area contributed by atoms with Gasteiger partial charge in [0.15, 0.2) is 11.5 Å². The topological polar surface area (TPSA) is 38.8 Å². The minimum absolute atomic E-state index is 0.235. The van der Waals surface area contributed by atoms with Gasteiger partial charge in [-0.05, 0) is 42.2 Å². The van der Waals surface area contributed by atoms with Crippen molar-refractivity contribution in [1.82, 2.24) is 4.90 Å². The molecule has 0 saturated carbocycles. The molecule has 0 aromatic heterocycles. The van der Waals surface area contributed by atoms with Crippen molar-refractivity contribution in [3.63, 3.8) is 0 Å². The van der Waals surface area contributed by atoms with E-state index in [-0.39, 0.29) is 5.91 Å². The van der Waals surface area contributed by atoms with Crippen LogP contribution < -0.4 is 9.47 Å². The second kappa shape index (κ2) is 7.08. The lowest BCUT2D eigenvalue weighted by Gasteiger charge is -2.17. The average Bonchev–Trinajstić information content (AvgIpc) is 3.29. The first kappa shape index (κ1) is 16.5. The number of ether oxygens (including phenoxy) is 2. The zero-order valence-corrected chi connectivity index (χ0v) is 15.5. The number of amides is 1. The van der Waals surface area contributed by atoms with Crippen LogP contribution in [-0.4, -0.2) is 30.7 Å². The average molecular weight is 402 g/mol. The Bertz CT molecular complexity index is 792. The highest BCUT2D eigenvalue weighted by molar-refractivity contribution is 9.10. The van der Waals surface area contributed by atoms with Gasteiger partial charge in [-0.25, -0.2) is 0 Å². The molecule has 1 amide bonds. The molecule has 1 atom stereocenters. The molecule has 2 aliphatic rings. The van der Waals surface area contributed by atoms with Gasteiger partial charge in [0.05, 0.1) is 0 Å². The molecule has 0 aliphatic carbocycles. The van der Waals surface area contributed by atoms with Crippen molar-refractivity contribution in [3.05, 3.63) is 58.1 Å². The molecule has 2 aromatic carbocycles. The maximum Gasteiger partial charge on any atom is 0.231 e. The monoisotopic (exact) mass is 401 g/mol. The number of halogens is 1. The number of benzene rings is 2. The van der Waals surface area contributed by atoms with Crippen LogP contribution in [0, 0.1) is 0 Å². The molecular weight excluding hydrogens is 382 g/mol. The largest absolute Gasteiger partial charge is 0.454 e. The van der Waals surface area contributed by atoms with Crippen molar-refractivity contribution in [1.29, 1.82) is 0 Å². The van der Waals surface area contributed by atoms with Gasteiger partial charge in [0.1, 0.15) is 0 Å². The first-order valence-corrected chi connectivity index (χ1v) is 9.41. The van der Waals surface area contributed by atoms with Crippen LogP contribution in [-0.2, 0) is 11.2 Å². The smallest absolute Gasteiger partial charge is 0.231 e. The summed E-state index contributed by atoms with van der Waals surface area (Å²) in [4.78, 5) is 14.6. The van der Waals surface area contributed by atoms with Gasteiger partial charge in [-0.2, -0.15) is 0 Å². The molecule has 2 aliphatic heterocycles. The molecule has 0 radical (unpaired) electrons. The van der Waals surface area contributed by atoms with E-state index in [1.54, 1.807) is 0 Å². The third kappa shape index (κ3) is 3.52. The fraction of sp³-hybridized carbons (Fsp3) is 0.350. The van der Waals surface area contributed by atoms with Crippen LogP contribution in [0.25, 0.3) is 0 Å². The molecule has 130 valence electrons. The van der Waals surface area contributed by atoms with E-state index < -0.39 is 0 Å². The van der Waals surface area contributed by atoms with Crippen LogP contribution in [0.5, 0.6) is 11.5 Å². The number of hydrogen-bond acceptors (Lipinski definition) is 3. The maximum absolute atomic E-state index is 12.6. The summed E-state index contributed by atoms with van der Waals surface area (Å²) in [7, 11) is 0. The molecule has 5 heteroatoms. The Morgan fingerprint density at radius 3 is 2.88 bits per heavy atom. The normalized spacial score (nSPS) is 18.6. The summed E-state index contributed by atoms with van der Waals surface area (Å²) in [6.07, 6.45) is 2.32. The quantitative estimate of drug-likeness (QED) is 0.772. The van der Waals surface area contributed by atoms with Gasteiger partial charge in [0.2, 0.25) is 12.7 Å². The van der Waals surface area contributed by atoms with Crippen molar-refractivity contribution in [3.8, 4) is 11.5 Å². The summed E-state index contributed by atoms with van der Waals surface area (Å²) in [5, 5.41) is 0. The van der Waals surface area contributed by atoms with Gasteiger partial charge in [-0.1, -0.05) is 40.2 Å². The second-order valence-electron chi connectivity index (χ2n) is 6.53. The third-order valence-corrected chi connectivity index (χ3v) is 5.75. The maximum atomic E-state index is 12.6. The van der Waals surface area contributed by atoms with Crippen LogP contribution in [0.4, 0.5) is 0 Å². The molecule has 1 fully saturated rings. The lowest BCUT2D eigenvalue weighted by Crippen LogP contribution is -2.28. The summed E-state index contributed by atoms with van der Waals surface area (Å²) in [6, 6.07) is 14.2. The Balaban J connectivity index is 1.35. The third-order valence-electron chi connectivity index (χ3n) is 4.98. The minimum Gasteiger partial charge on any atom is -0.454 e. The standard InChI is InChI=1S/C20H20BrNO3/c21-17-4-2-1-3-14(17)6-8-20(23)22-10-9-16(12-22)15-5-7-18-19(11-15)25-13-24-18/h1-5,7,11,16H,6,8-10,12-13H2. The molecule has 1 saturated heterocycles. The van der Waals surface area contributed by atoms with Gasteiger partial charge >= 0.3 is 0 Å². The number of rotatable bonds is 4. The van der Waals surface area contributed by atoms with Crippen LogP contribution in [0.3, 0.4) is 0 Å². The zero-order valence-electron chi connectivity index (χ0n) is 13.9. The van der Waals surface area contributed by atoms with Crippen molar-refractivity contribution in [2.75, 3.05) is 19.9 Å². The predicted octanol–water partition coefficient (Wildman–Crippen LogP) is 4.13. The molecular formula is C20H20BrNO3. The molecule has 0 N–H and O–H groups in total. The number of hydrogen-bond donors (Lipinski definition) is 0. The number of nitrogens with zero attached hydrogens (tertiary/aromatic N) is 1. The van der Waals surface area contributed by atoms with E-state index in [4.69, 9.17) is 9.47 Å². The summed E-state index contributed by atoms with van der Waals surface area (Å²) in [5.74, 6) is 2.24. The van der Waals surface area contributed by atoms with Gasteiger partial charge in [0.25, 0.3) is 0 Å². The molecule has 4 nitrogen and oxygen atoms in total. The Morgan fingerprint density at radius 2 is 2.00 bits per heavy atom. The molecule has 25 heavy (non-hydrogen) atoms. The predicted molar refractivity (Wildman–Crippen MR) is 99.0 cm³/mol. The van der Waals surface area contributed by atoms with Gasteiger partial charge in [0, 0.05) is 29.9 Å². The summed E-state index contributed by atoms with van der Waals surface area (Å²) < 4.78 is 11.9. The number of fused-ring (bicyclic) bond motifs is 1. The van der Waals surface area contributed by atoms with Crippen LogP contribution in [0.15, 0.2) is 46.9 Å². The van der Waals surface area contributed by atoms with E-state index in [2.05, 4.69) is 34.1 Å². The van der Waals surface area contributed by atoms with Crippen LogP contribution in [0.2, 0.25) is 0 Å². The number of aryl methyl sites for hydroxylation is 1. The minimum atomic E-state index is 0.235. The van der Waals surface area contributed by atoms with Crippen molar-refractivity contribution >= 4 is 21.8 Å². The zero-order chi connectivity index (χ0) is 17.2. The van der Waals surface area contributed by atoms with Crippen molar-refractivity contribution in [2.24, 2.45) is 0 Å². The van der Waals surface area contributed by atoms with E-state index in [1.165, 1.54) is 11.1 Å².